The van der Waals surface area contributed by atoms with Gasteiger partial charge in [-0.2, -0.15) is 0 Å². The zero-order valence-corrected chi connectivity index (χ0v) is 14.0. The average Bonchev–Trinajstić information content (AvgIpc) is 2.53. The molecule has 0 spiro atoms. The normalized spacial score (nSPS) is 22.8. The highest BCUT2D eigenvalue weighted by atomic mass is 16.5. The number of hydrogen-bond acceptors (Lipinski definition) is 2. The lowest BCUT2D eigenvalue weighted by Gasteiger charge is -2.36. The third kappa shape index (κ3) is 3.48. The first-order chi connectivity index (χ1) is 11.0. The summed E-state index contributed by atoms with van der Waals surface area (Å²) in [5, 5.41) is 5.51. The number of nitrogens with one attached hydrogen (secondary N) is 1. The Morgan fingerprint density at radius 3 is 2.52 bits per heavy atom. The summed E-state index contributed by atoms with van der Waals surface area (Å²) >= 11 is 0. The number of carbonyl (C=O) groups excluding carboxylic acids is 1. The summed E-state index contributed by atoms with van der Waals surface area (Å²) in [6.45, 7) is 7.32. The molecule has 3 unspecified atom stereocenters. The molecule has 3 atom stereocenters. The molecule has 2 aromatic carbocycles. The quantitative estimate of drug-likeness (QED) is 0.918. The topological polar surface area (TPSA) is 41.6 Å². The molecule has 1 fully saturated rings. The van der Waals surface area contributed by atoms with Gasteiger partial charge in [0.15, 0.2) is 0 Å². The lowest BCUT2D eigenvalue weighted by Crippen LogP contribution is -2.52. The fourth-order valence-corrected chi connectivity index (χ4v) is 3.33. The van der Waals surface area contributed by atoms with Crippen molar-refractivity contribution >= 4 is 16.8 Å². The van der Waals surface area contributed by atoms with Crippen molar-refractivity contribution in [3.8, 4) is 0 Å². The minimum absolute atomic E-state index is 0.0209. The fourth-order valence-electron chi connectivity index (χ4n) is 3.33. The van der Waals surface area contributed by atoms with Crippen LogP contribution in [0.5, 0.6) is 0 Å². The zero-order valence-electron chi connectivity index (χ0n) is 14.0. The highest BCUT2D eigenvalue weighted by Crippen LogP contribution is 2.24. The highest BCUT2D eigenvalue weighted by Gasteiger charge is 2.26. The molecule has 0 bridgehead atoms. The number of nitrogens with zero attached hydrogens (tertiary/aromatic N) is 1. The summed E-state index contributed by atoms with van der Waals surface area (Å²) in [6.07, 6.45) is 0.162. The molecule has 1 aliphatic rings. The van der Waals surface area contributed by atoms with Crippen LogP contribution in [0.2, 0.25) is 0 Å². The van der Waals surface area contributed by atoms with E-state index in [1.54, 1.807) is 0 Å². The Labute approximate surface area is 137 Å². The van der Waals surface area contributed by atoms with Gasteiger partial charge in [-0.1, -0.05) is 42.5 Å². The van der Waals surface area contributed by atoms with Gasteiger partial charge in [-0.25, -0.2) is 4.79 Å². The van der Waals surface area contributed by atoms with Gasteiger partial charge in [0.05, 0.1) is 18.2 Å². The van der Waals surface area contributed by atoms with E-state index in [1.165, 1.54) is 10.8 Å². The van der Waals surface area contributed by atoms with E-state index in [4.69, 9.17) is 4.74 Å². The van der Waals surface area contributed by atoms with Crippen LogP contribution in [0.3, 0.4) is 0 Å². The van der Waals surface area contributed by atoms with Gasteiger partial charge in [0.25, 0.3) is 0 Å². The third-order valence-corrected chi connectivity index (χ3v) is 4.34. The van der Waals surface area contributed by atoms with E-state index in [-0.39, 0.29) is 24.3 Å². The second kappa shape index (κ2) is 6.59. The first kappa shape index (κ1) is 15.8. The van der Waals surface area contributed by atoms with E-state index in [0.29, 0.717) is 13.1 Å². The van der Waals surface area contributed by atoms with Gasteiger partial charge in [0.1, 0.15) is 0 Å². The molecule has 4 nitrogen and oxygen atoms in total. The number of fused-ring (bicyclic) bond motifs is 1. The van der Waals surface area contributed by atoms with Crippen molar-refractivity contribution in [3.05, 3.63) is 48.0 Å². The Hall–Kier alpha value is -2.07. The minimum Gasteiger partial charge on any atom is -0.372 e. The Kier molecular flexibility index (Phi) is 4.53. The Balaban J connectivity index is 1.75. The summed E-state index contributed by atoms with van der Waals surface area (Å²) in [5.41, 5.74) is 1.14. The molecule has 23 heavy (non-hydrogen) atoms. The molecule has 1 heterocycles. The molecule has 2 aromatic rings. The van der Waals surface area contributed by atoms with Gasteiger partial charge < -0.3 is 15.0 Å². The smallest absolute Gasteiger partial charge is 0.318 e. The molecular weight excluding hydrogens is 288 g/mol. The van der Waals surface area contributed by atoms with E-state index in [0.717, 1.165) is 5.56 Å². The lowest BCUT2D eigenvalue weighted by atomic mass is 10.00. The van der Waals surface area contributed by atoms with Gasteiger partial charge in [-0.05, 0) is 37.1 Å². The monoisotopic (exact) mass is 312 g/mol. The first-order valence-corrected chi connectivity index (χ1v) is 8.23. The van der Waals surface area contributed by atoms with Crippen LogP contribution in [0.25, 0.3) is 10.8 Å². The van der Waals surface area contributed by atoms with E-state index < -0.39 is 0 Å². The third-order valence-electron chi connectivity index (χ3n) is 4.34. The largest absolute Gasteiger partial charge is 0.372 e. The minimum atomic E-state index is -0.0398. The van der Waals surface area contributed by atoms with Gasteiger partial charge in [0.2, 0.25) is 0 Å². The predicted molar refractivity (Wildman–Crippen MR) is 92.5 cm³/mol. The molecule has 0 radical (unpaired) electrons. The number of rotatable bonds is 2. The Bertz CT molecular complexity index is 685. The summed E-state index contributed by atoms with van der Waals surface area (Å²) in [6, 6.07) is 14.4. The molecule has 0 aromatic heterocycles. The van der Waals surface area contributed by atoms with Crippen LogP contribution in [-0.4, -0.2) is 36.2 Å². The van der Waals surface area contributed by atoms with E-state index >= 15 is 0 Å². The van der Waals surface area contributed by atoms with Crippen LogP contribution in [0, 0.1) is 0 Å². The van der Waals surface area contributed by atoms with Gasteiger partial charge in [-0.15, -0.1) is 0 Å². The highest BCUT2D eigenvalue weighted by molar-refractivity contribution is 5.86. The van der Waals surface area contributed by atoms with Crippen molar-refractivity contribution in [2.45, 2.75) is 39.0 Å². The zero-order chi connectivity index (χ0) is 16.4. The number of hydrogen-bond donors (Lipinski definition) is 1. The van der Waals surface area contributed by atoms with Gasteiger partial charge >= 0.3 is 6.03 Å². The summed E-state index contributed by atoms with van der Waals surface area (Å²) in [4.78, 5) is 14.4. The SMILES string of the molecule is CC1CN(C(=O)NC(C)c2cccc3ccccc23)CC(C)O1. The van der Waals surface area contributed by atoms with Crippen molar-refractivity contribution in [2.75, 3.05) is 13.1 Å². The molecule has 3 rings (SSSR count). The van der Waals surface area contributed by atoms with Crippen molar-refractivity contribution in [1.29, 1.82) is 0 Å². The maximum Gasteiger partial charge on any atom is 0.318 e. The predicted octanol–water partition coefficient (Wildman–Crippen LogP) is 3.72. The van der Waals surface area contributed by atoms with Crippen LogP contribution >= 0.6 is 0 Å². The second-order valence-corrected chi connectivity index (χ2v) is 6.40. The standard InChI is InChI=1S/C19H24N2O2/c1-13-11-21(12-14(2)23-13)19(22)20-15(3)17-10-6-8-16-7-4-5-9-18(16)17/h4-10,13-15H,11-12H2,1-3H3,(H,20,22). The number of ether oxygens (including phenoxy) is 1. The molecule has 1 N–H and O–H groups in total. The second-order valence-electron chi connectivity index (χ2n) is 6.40. The molecule has 1 saturated heterocycles. The average molecular weight is 312 g/mol. The molecule has 0 saturated carbocycles. The van der Waals surface area contributed by atoms with Gasteiger partial charge in [-0.3, -0.25) is 0 Å². The van der Waals surface area contributed by atoms with E-state index in [2.05, 4.69) is 29.6 Å². The van der Waals surface area contributed by atoms with Crippen LogP contribution in [0.4, 0.5) is 4.79 Å². The number of amides is 2. The van der Waals surface area contributed by atoms with Gasteiger partial charge in [0, 0.05) is 13.1 Å². The molecule has 4 heteroatoms. The number of morpholine rings is 1. The molecule has 1 aliphatic heterocycles. The summed E-state index contributed by atoms with van der Waals surface area (Å²) < 4.78 is 5.69. The molecular formula is C19H24N2O2. The Morgan fingerprint density at radius 2 is 1.78 bits per heavy atom. The Morgan fingerprint density at radius 1 is 1.13 bits per heavy atom. The lowest BCUT2D eigenvalue weighted by molar-refractivity contribution is -0.0547. The maximum atomic E-state index is 12.6. The summed E-state index contributed by atoms with van der Waals surface area (Å²) in [5.74, 6) is 0. The number of urea groups is 1. The first-order valence-electron chi connectivity index (χ1n) is 8.23. The summed E-state index contributed by atoms with van der Waals surface area (Å²) in [7, 11) is 0. The van der Waals surface area contributed by atoms with Crippen LogP contribution in [-0.2, 0) is 4.74 Å². The van der Waals surface area contributed by atoms with Crippen molar-refractivity contribution in [2.24, 2.45) is 0 Å². The van der Waals surface area contributed by atoms with Crippen LogP contribution in [0.1, 0.15) is 32.4 Å². The van der Waals surface area contributed by atoms with Crippen molar-refractivity contribution in [3.63, 3.8) is 0 Å². The van der Waals surface area contributed by atoms with Crippen LogP contribution < -0.4 is 5.32 Å². The molecule has 0 aliphatic carbocycles. The molecule has 2 amide bonds. The number of benzene rings is 2. The van der Waals surface area contributed by atoms with E-state index in [9.17, 15) is 4.79 Å². The maximum absolute atomic E-state index is 12.6. The van der Waals surface area contributed by atoms with Crippen molar-refractivity contribution in [1.82, 2.24) is 10.2 Å². The molecule has 122 valence electrons. The fraction of sp³-hybridized carbons (Fsp3) is 0.421. The van der Waals surface area contributed by atoms with E-state index in [1.807, 2.05) is 43.9 Å². The van der Waals surface area contributed by atoms with Crippen molar-refractivity contribution < 1.29 is 9.53 Å². The van der Waals surface area contributed by atoms with Crippen LogP contribution in [0.15, 0.2) is 42.5 Å². The number of carbonyl (C=O) groups is 1.